The van der Waals surface area contributed by atoms with Gasteiger partial charge in [-0.05, 0) is 17.7 Å². The lowest BCUT2D eigenvalue weighted by Gasteiger charge is -2.36. The predicted octanol–water partition coefficient (Wildman–Crippen LogP) is -0.486. The summed E-state index contributed by atoms with van der Waals surface area (Å²) in [5.41, 5.74) is 12.7. The number of nitrogen functional groups attached to an aromatic ring is 2. The number of anilines is 3. The van der Waals surface area contributed by atoms with Gasteiger partial charge >= 0.3 is 0 Å². The van der Waals surface area contributed by atoms with Crippen molar-refractivity contribution in [1.29, 1.82) is 0 Å². The van der Waals surface area contributed by atoms with Crippen molar-refractivity contribution < 1.29 is 9.90 Å². The van der Waals surface area contributed by atoms with Crippen molar-refractivity contribution in [2.75, 3.05) is 23.3 Å². The zero-order valence-corrected chi connectivity index (χ0v) is 13.6. The van der Waals surface area contributed by atoms with E-state index in [1.54, 1.807) is 30.5 Å². The molecule has 1 aromatic carbocycles. The quantitative estimate of drug-likeness (QED) is 0.390. The molecule has 7 N–H and O–H groups in total. The minimum Gasteiger partial charge on any atom is -0.382 e. The van der Waals surface area contributed by atoms with Crippen LogP contribution in [0.15, 0.2) is 30.5 Å². The highest BCUT2D eigenvalue weighted by molar-refractivity contribution is 5.92. The largest absolute Gasteiger partial charge is 0.382 e. The van der Waals surface area contributed by atoms with Crippen molar-refractivity contribution in [2.45, 2.75) is 12.1 Å². The van der Waals surface area contributed by atoms with Crippen LogP contribution >= 0.6 is 0 Å². The Labute approximate surface area is 147 Å². The van der Waals surface area contributed by atoms with Crippen LogP contribution in [0.1, 0.15) is 11.3 Å². The molecule has 10 nitrogen and oxygen atoms in total. The van der Waals surface area contributed by atoms with Gasteiger partial charge in [0.15, 0.2) is 22.6 Å². The van der Waals surface area contributed by atoms with Gasteiger partial charge in [0, 0.05) is 5.69 Å². The molecule has 3 heterocycles. The van der Waals surface area contributed by atoms with Crippen LogP contribution in [0.25, 0.3) is 11.2 Å². The zero-order chi connectivity index (χ0) is 18.3. The van der Waals surface area contributed by atoms with Gasteiger partial charge in [-0.3, -0.25) is 4.79 Å². The maximum atomic E-state index is 11.5. The Morgan fingerprint density at radius 2 is 1.96 bits per heavy atom. The number of amides is 1. The van der Waals surface area contributed by atoms with E-state index in [4.69, 9.17) is 11.5 Å². The van der Waals surface area contributed by atoms with Gasteiger partial charge in [-0.25, -0.2) is 9.97 Å². The van der Waals surface area contributed by atoms with Crippen LogP contribution in [0.4, 0.5) is 17.5 Å². The van der Waals surface area contributed by atoms with Gasteiger partial charge in [-0.1, -0.05) is 12.1 Å². The number of carbonyl (C=O) groups excluding carboxylic acids is 1. The highest BCUT2D eigenvalue weighted by atomic mass is 16.3. The van der Waals surface area contributed by atoms with E-state index in [2.05, 4.69) is 30.6 Å². The molecule has 4 rings (SSSR count). The zero-order valence-electron chi connectivity index (χ0n) is 13.6. The Morgan fingerprint density at radius 1 is 1.19 bits per heavy atom. The summed E-state index contributed by atoms with van der Waals surface area (Å²) in [7, 11) is 0. The lowest BCUT2D eigenvalue weighted by atomic mass is 9.87. The first-order valence-electron chi connectivity index (χ1n) is 7.85. The molecule has 1 aliphatic heterocycles. The molecule has 1 atom stereocenters. The Kier molecular flexibility index (Phi) is 3.55. The van der Waals surface area contributed by atoms with E-state index in [0.29, 0.717) is 29.0 Å². The number of β-amino-alcohol motifs (C(OH)–C–C–N with tert-alkyl or cyclic N) is 1. The third-order valence-corrected chi connectivity index (χ3v) is 4.22. The summed E-state index contributed by atoms with van der Waals surface area (Å²) in [6.07, 6.45) is 1.58. The monoisotopic (exact) mass is 352 g/mol. The number of hydrogen-bond donors (Lipinski definition) is 5. The number of nitrogens with one attached hydrogen (secondary N) is 2. The second-order valence-electron chi connectivity index (χ2n) is 5.97. The van der Waals surface area contributed by atoms with Crippen molar-refractivity contribution in [2.24, 2.45) is 0 Å². The summed E-state index contributed by atoms with van der Waals surface area (Å²) < 4.78 is 0. The van der Waals surface area contributed by atoms with Gasteiger partial charge in [0.05, 0.1) is 25.0 Å². The number of β-lactam (4-membered cyclic amide) rings is 1. The van der Waals surface area contributed by atoms with Crippen LogP contribution in [0.5, 0.6) is 0 Å². The van der Waals surface area contributed by atoms with Crippen LogP contribution in [0.2, 0.25) is 0 Å². The van der Waals surface area contributed by atoms with Crippen molar-refractivity contribution in [3.05, 3.63) is 41.7 Å². The van der Waals surface area contributed by atoms with E-state index in [-0.39, 0.29) is 24.2 Å². The number of hydrogen-bond acceptors (Lipinski definition) is 9. The number of carbonyl (C=O) groups is 1. The SMILES string of the molecule is Nc1nc(N)c2nc(CNc3ccc(C4(O)CNC4=O)cc3)cnc2n1. The van der Waals surface area contributed by atoms with E-state index in [1.807, 2.05) is 0 Å². The Bertz CT molecular complexity index is 1010. The number of rotatable bonds is 4. The fourth-order valence-electron chi connectivity index (χ4n) is 2.69. The molecular formula is C16H16N8O2. The van der Waals surface area contributed by atoms with E-state index in [9.17, 15) is 9.90 Å². The van der Waals surface area contributed by atoms with Crippen LogP contribution in [0.3, 0.4) is 0 Å². The molecule has 1 aliphatic rings. The standard InChI is InChI=1S/C16H16N8O2/c17-12-11-13(24-15(18)23-12)20-6-10(22-11)5-19-9-3-1-8(2-4-9)16(26)7-21-14(16)25/h1-4,6,19,26H,5,7H2,(H,21,25)(H4,17,18,20,23,24). The molecule has 1 unspecified atom stereocenters. The highest BCUT2D eigenvalue weighted by Gasteiger charge is 2.45. The summed E-state index contributed by atoms with van der Waals surface area (Å²) in [6.45, 7) is 0.621. The first-order chi connectivity index (χ1) is 12.5. The minimum absolute atomic E-state index is 0.0528. The van der Waals surface area contributed by atoms with Gasteiger partial charge in [0.25, 0.3) is 5.91 Å². The molecule has 132 valence electrons. The number of benzene rings is 1. The van der Waals surface area contributed by atoms with E-state index < -0.39 is 5.60 Å². The molecule has 1 fully saturated rings. The van der Waals surface area contributed by atoms with Crippen LogP contribution in [-0.4, -0.2) is 37.5 Å². The fourth-order valence-corrected chi connectivity index (χ4v) is 2.69. The molecule has 0 radical (unpaired) electrons. The molecule has 26 heavy (non-hydrogen) atoms. The lowest BCUT2D eigenvalue weighted by Crippen LogP contribution is -2.62. The predicted molar refractivity (Wildman–Crippen MR) is 94.6 cm³/mol. The van der Waals surface area contributed by atoms with Crippen molar-refractivity contribution in [3.63, 3.8) is 0 Å². The van der Waals surface area contributed by atoms with Gasteiger partial charge in [-0.15, -0.1) is 0 Å². The van der Waals surface area contributed by atoms with Gasteiger partial charge < -0.3 is 27.2 Å². The molecule has 1 saturated heterocycles. The van der Waals surface area contributed by atoms with Gasteiger partial charge in [-0.2, -0.15) is 9.97 Å². The lowest BCUT2D eigenvalue weighted by molar-refractivity contribution is -0.153. The van der Waals surface area contributed by atoms with Gasteiger partial charge in [0.2, 0.25) is 5.95 Å². The average Bonchev–Trinajstić information content (AvgIpc) is 2.65. The number of aliphatic hydroxyl groups is 1. The molecule has 2 aromatic heterocycles. The fraction of sp³-hybridized carbons (Fsp3) is 0.188. The molecule has 10 heteroatoms. The number of nitrogens with zero attached hydrogens (tertiary/aromatic N) is 4. The van der Waals surface area contributed by atoms with Gasteiger partial charge in [0.1, 0.15) is 0 Å². The Morgan fingerprint density at radius 3 is 2.62 bits per heavy atom. The maximum absolute atomic E-state index is 11.5. The topological polar surface area (TPSA) is 165 Å². The summed E-state index contributed by atoms with van der Waals surface area (Å²) >= 11 is 0. The second-order valence-corrected chi connectivity index (χ2v) is 5.97. The summed E-state index contributed by atoms with van der Waals surface area (Å²) in [4.78, 5) is 27.9. The third kappa shape index (κ3) is 2.62. The summed E-state index contributed by atoms with van der Waals surface area (Å²) in [5.74, 6) is -0.152. The molecule has 1 amide bonds. The van der Waals surface area contributed by atoms with Crippen LogP contribution in [-0.2, 0) is 16.9 Å². The van der Waals surface area contributed by atoms with Crippen molar-refractivity contribution in [3.8, 4) is 0 Å². The molecule has 0 spiro atoms. The third-order valence-electron chi connectivity index (χ3n) is 4.22. The number of nitrogens with two attached hydrogens (primary N) is 2. The molecule has 0 aliphatic carbocycles. The second kappa shape index (κ2) is 5.77. The Hall–Kier alpha value is -3.53. The first-order valence-corrected chi connectivity index (χ1v) is 7.85. The van der Waals surface area contributed by atoms with Crippen molar-refractivity contribution in [1.82, 2.24) is 25.3 Å². The molecular weight excluding hydrogens is 336 g/mol. The van der Waals surface area contributed by atoms with E-state index >= 15 is 0 Å². The van der Waals surface area contributed by atoms with Crippen LogP contribution < -0.4 is 22.1 Å². The number of fused-ring (bicyclic) bond motifs is 1. The summed E-state index contributed by atoms with van der Waals surface area (Å²) in [5, 5.41) is 15.9. The van der Waals surface area contributed by atoms with Crippen LogP contribution in [0, 0.1) is 0 Å². The smallest absolute Gasteiger partial charge is 0.258 e. The molecule has 0 bridgehead atoms. The van der Waals surface area contributed by atoms with E-state index in [0.717, 1.165) is 5.69 Å². The minimum atomic E-state index is -1.43. The highest BCUT2D eigenvalue weighted by Crippen LogP contribution is 2.27. The maximum Gasteiger partial charge on any atom is 0.258 e. The van der Waals surface area contributed by atoms with E-state index in [1.165, 1.54) is 0 Å². The molecule has 0 saturated carbocycles. The average molecular weight is 352 g/mol. The normalized spacial score (nSPS) is 19.0. The van der Waals surface area contributed by atoms with Crippen molar-refractivity contribution >= 4 is 34.5 Å². The Balaban J connectivity index is 1.49. The first kappa shape index (κ1) is 16.0. The molecule has 3 aromatic rings. The summed E-state index contributed by atoms with van der Waals surface area (Å²) in [6, 6.07) is 6.99. The number of aromatic nitrogens is 4.